The number of hydrogen-bond donors (Lipinski definition) is 1. The molecule has 1 aliphatic carbocycles. The molecule has 1 aliphatic rings. The fourth-order valence-corrected chi connectivity index (χ4v) is 5.41. The zero-order valence-electron chi connectivity index (χ0n) is 14.4. The van der Waals surface area contributed by atoms with Crippen molar-refractivity contribution < 1.29 is 16.8 Å². The van der Waals surface area contributed by atoms with Gasteiger partial charge in [-0.3, -0.25) is 0 Å². The predicted octanol–water partition coefficient (Wildman–Crippen LogP) is 2.72. The number of fused-ring (bicyclic) bond motifs is 1. The minimum Gasteiger partial charge on any atom is -0.330 e. The Morgan fingerprint density at radius 3 is 2.31 bits per heavy atom. The largest absolute Gasteiger partial charge is 0.330 e. The van der Waals surface area contributed by atoms with Crippen LogP contribution in [0.3, 0.4) is 0 Å². The van der Waals surface area contributed by atoms with Crippen molar-refractivity contribution in [1.82, 2.24) is 0 Å². The van der Waals surface area contributed by atoms with Crippen molar-refractivity contribution in [2.75, 3.05) is 12.8 Å². The first-order chi connectivity index (χ1) is 11.7. The van der Waals surface area contributed by atoms with Gasteiger partial charge in [-0.25, -0.2) is 16.8 Å². The molecular formula is C18H22ClNO4S2. The van der Waals surface area contributed by atoms with Crippen LogP contribution in [0.5, 0.6) is 0 Å². The average Bonchev–Trinajstić information content (AvgIpc) is 2.60. The van der Waals surface area contributed by atoms with E-state index >= 15 is 0 Å². The van der Waals surface area contributed by atoms with Crippen LogP contribution in [0.2, 0.25) is 0 Å². The van der Waals surface area contributed by atoms with Crippen molar-refractivity contribution in [3.8, 4) is 0 Å². The second kappa shape index (κ2) is 7.68. The fraction of sp³-hybridized carbons (Fsp3) is 0.333. The molecule has 8 heteroatoms. The van der Waals surface area contributed by atoms with Gasteiger partial charge in [-0.15, -0.1) is 12.4 Å². The number of sulfone groups is 2. The Labute approximate surface area is 160 Å². The molecule has 3 rings (SSSR count). The lowest BCUT2D eigenvalue weighted by Gasteiger charge is -2.24. The van der Waals surface area contributed by atoms with Crippen LogP contribution in [0.25, 0.3) is 0 Å². The van der Waals surface area contributed by atoms with E-state index in [2.05, 4.69) is 0 Å². The van der Waals surface area contributed by atoms with E-state index < -0.39 is 19.7 Å². The summed E-state index contributed by atoms with van der Waals surface area (Å²) < 4.78 is 49.3. The Balaban J connectivity index is 0.00000243. The summed E-state index contributed by atoms with van der Waals surface area (Å²) in [7, 11) is -7.25. The van der Waals surface area contributed by atoms with Crippen molar-refractivity contribution in [3.05, 3.63) is 53.6 Å². The summed E-state index contributed by atoms with van der Waals surface area (Å²) in [6, 6.07) is 10.6. The normalized spacial score (nSPS) is 17.2. The Morgan fingerprint density at radius 1 is 1.00 bits per heavy atom. The Morgan fingerprint density at radius 2 is 1.65 bits per heavy atom. The summed E-state index contributed by atoms with van der Waals surface area (Å²) in [5.74, 6) is 0.272. The molecule has 0 radical (unpaired) electrons. The van der Waals surface area contributed by atoms with E-state index in [9.17, 15) is 16.8 Å². The van der Waals surface area contributed by atoms with Crippen molar-refractivity contribution in [3.63, 3.8) is 0 Å². The zero-order valence-corrected chi connectivity index (χ0v) is 16.8. The molecule has 0 amide bonds. The topological polar surface area (TPSA) is 94.3 Å². The molecule has 0 saturated heterocycles. The van der Waals surface area contributed by atoms with E-state index in [4.69, 9.17) is 5.73 Å². The molecule has 0 spiro atoms. The molecule has 0 unspecified atom stereocenters. The van der Waals surface area contributed by atoms with Crippen LogP contribution < -0.4 is 5.73 Å². The molecule has 0 aromatic heterocycles. The van der Waals surface area contributed by atoms with E-state index in [0.29, 0.717) is 6.54 Å². The molecule has 1 atom stereocenters. The molecule has 0 saturated carbocycles. The highest BCUT2D eigenvalue weighted by atomic mass is 35.5. The third-order valence-corrected chi connectivity index (χ3v) is 7.55. The summed E-state index contributed by atoms with van der Waals surface area (Å²) in [6.07, 6.45) is 3.90. The van der Waals surface area contributed by atoms with Gasteiger partial charge in [-0.1, -0.05) is 12.1 Å². The van der Waals surface area contributed by atoms with E-state index in [0.717, 1.165) is 36.6 Å². The molecule has 5 nitrogen and oxygen atoms in total. The fourth-order valence-electron chi connectivity index (χ4n) is 3.31. The van der Waals surface area contributed by atoms with Crippen LogP contribution in [0.1, 0.15) is 29.9 Å². The number of rotatable bonds is 4. The van der Waals surface area contributed by atoms with Gasteiger partial charge >= 0.3 is 0 Å². The van der Waals surface area contributed by atoms with Gasteiger partial charge in [0.25, 0.3) is 0 Å². The lowest BCUT2D eigenvalue weighted by Crippen LogP contribution is -2.18. The summed E-state index contributed by atoms with van der Waals surface area (Å²) in [5.41, 5.74) is 7.95. The highest BCUT2D eigenvalue weighted by Gasteiger charge is 2.24. The molecule has 142 valence electrons. The van der Waals surface area contributed by atoms with Crippen LogP contribution in [0, 0.1) is 0 Å². The van der Waals surface area contributed by atoms with Crippen molar-refractivity contribution >= 4 is 32.1 Å². The lowest BCUT2D eigenvalue weighted by atomic mass is 9.83. The van der Waals surface area contributed by atoms with Gasteiger partial charge in [0.1, 0.15) is 0 Å². The SMILES string of the molecule is CS(=O)(=O)c1cccc(S(=O)(=O)c2ccc3c(c2)CCC[C@H]3CN)c1.Cl. The third-order valence-electron chi connectivity index (χ3n) is 4.69. The molecule has 0 aliphatic heterocycles. The van der Waals surface area contributed by atoms with Crippen LogP contribution in [-0.2, 0) is 26.1 Å². The zero-order chi connectivity index (χ0) is 18.2. The highest BCUT2D eigenvalue weighted by molar-refractivity contribution is 7.92. The van der Waals surface area contributed by atoms with Crippen molar-refractivity contribution in [1.29, 1.82) is 0 Å². The van der Waals surface area contributed by atoms with Crippen molar-refractivity contribution in [2.45, 2.75) is 39.9 Å². The van der Waals surface area contributed by atoms with E-state index in [1.807, 2.05) is 6.07 Å². The van der Waals surface area contributed by atoms with Gasteiger partial charge < -0.3 is 5.73 Å². The van der Waals surface area contributed by atoms with Crippen LogP contribution >= 0.6 is 12.4 Å². The number of hydrogen-bond acceptors (Lipinski definition) is 5. The summed E-state index contributed by atoms with van der Waals surface area (Å²) in [6.45, 7) is 0.551. The van der Waals surface area contributed by atoms with E-state index in [-0.39, 0.29) is 33.0 Å². The summed E-state index contributed by atoms with van der Waals surface area (Å²) in [5, 5.41) is 0. The highest BCUT2D eigenvalue weighted by Crippen LogP contribution is 2.33. The molecule has 26 heavy (non-hydrogen) atoms. The van der Waals surface area contributed by atoms with Crippen LogP contribution in [-0.4, -0.2) is 29.6 Å². The average molecular weight is 416 g/mol. The second-order valence-electron chi connectivity index (χ2n) is 6.44. The molecule has 2 aromatic rings. The predicted molar refractivity (Wildman–Crippen MR) is 103 cm³/mol. The quantitative estimate of drug-likeness (QED) is 0.828. The summed E-state index contributed by atoms with van der Waals surface area (Å²) >= 11 is 0. The molecule has 2 aromatic carbocycles. The third kappa shape index (κ3) is 3.96. The first kappa shape index (κ1) is 20.9. The van der Waals surface area contributed by atoms with Gasteiger partial charge in [-0.05, 0) is 73.2 Å². The number of nitrogens with two attached hydrogens (primary N) is 1. The van der Waals surface area contributed by atoms with Gasteiger partial charge in [0.05, 0.1) is 14.7 Å². The van der Waals surface area contributed by atoms with E-state index in [1.165, 1.54) is 24.3 Å². The van der Waals surface area contributed by atoms with Crippen LogP contribution in [0.15, 0.2) is 57.2 Å². The first-order valence-corrected chi connectivity index (χ1v) is 11.5. The second-order valence-corrected chi connectivity index (χ2v) is 10.4. The summed E-state index contributed by atoms with van der Waals surface area (Å²) in [4.78, 5) is 0.172. The Kier molecular flexibility index (Phi) is 6.17. The standard InChI is InChI=1S/C18H21NO4S2.ClH/c1-24(20,21)15-6-3-7-16(11-15)25(22,23)17-8-9-18-13(10-17)4-2-5-14(18)12-19;/h3,6-11,14H,2,4-5,12,19H2,1H3;1H/t14-;/m0./s1. The van der Waals surface area contributed by atoms with Gasteiger partial charge in [0.15, 0.2) is 9.84 Å². The molecule has 0 fully saturated rings. The van der Waals surface area contributed by atoms with Gasteiger partial charge in [0.2, 0.25) is 9.84 Å². The maximum atomic E-state index is 12.9. The molecule has 0 heterocycles. The maximum Gasteiger partial charge on any atom is 0.206 e. The minimum atomic E-state index is -3.78. The monoisotopic (exact) mass is 415 g/mol. The van der Waals surface area contributed by atoms with Crippen molar-refractivity contribution in [2.24, 2.45) is 5.73 Å². The van der Waals surface area contributed by atoms with Crippen LogP contribution in [0.4, 0.5) is 0 Å². The lowest BCUT2D eigenvalue weighted by molar-refractivity contribution is 0.558. The van der Waals surface area contributed by atoms with E-state index in [1.54, 1.807) is 12.1 Å². The number of benzene rings is 2. The number of halogens is 1. The maximum absolute atomic E-state index is 12.9. The Bertz CT molecular complexity index is 1020. The Hall–Kier alpha value is -1.41. The molecular weight excluding hydrogens is 394 g/mol. The minimum absolute atomic E-state index is 0. The van der Waals surface area contributed by atoms with Gasteiger partial charge in [0, 0.05) is 6.26 Å². The molecule has 0 bridgehead atoms. The number of aryl methyl sites for hydroxylation is 1. The smallest absolute Gasteiger partial charge is 0.206 e. The first-order valence-electron chi connectivity index (χ1n) is 8.11. The van der Waals surface area contributed by atoms with Gasteiger partial charge in [-0.2, -0.15) is 0 Å². The molecule has 2 N–H and O–H groups in total.